The first kappa shape index (κ1) is 23.3. The van der Waals surface area contributed by atoms with E-state index in [-0.39, 0.29) is 17.6 Å². The zero-order valence-corrected chi connectivity index (χ0v) is 20.3. The third-order valence-corrected chi connectivity index (χ3v) is 6.90. The molecule has 1 aromatic heterocycles. The van der Waals surface area contributed by atoms with Crippen molar-refractivity contribution in [2.75, 3.05) is 25.0 Å². The number of nitrogens with zero attached hydrogens (tertiary/aromatic N) is 4. The predicted molar refractivity (Wildman–Crippen MR) is 134 cm³/mol. The van der Waals surface area contributed by atoms with Gasteiger partial charge in [-0.05, 0) is 60.7 Å². The van der Waals surface area contributed by atoms with Gasteiger partial charge in [0.1, 0.15) is 11.6 Å². The number of fused-ring (bicyclic) bond motifs is 1. The van der Waals surface area contributed by atoms with E-state index in [9.17, 15) is 14.0 Å². The first-order valence-corrected chi connectivity index (χ1v) is 12.2. The van der Waals surface area contributed by atoms with Crippen LogP contribution in [0.2, 0.25) is 5.02 Å². The first-order chi connectivity index (χ1) is 16.9. The van der Waals surface area contributed by atoms with E-state index >= 15 is 0 Å². The number of hydrogen-bond donors (Lipinski definition) is 0. The summed E-state index contributed by atoms with van der Waals surface area (Å²) in [6, 6.07) is 13.2. The molecule has 2 aliphatic heterocycles. The normalized spacial score (nSPS) is 15.4. The van der Waals surface area contributed by atoms with Crippen LogP contribution in [-0.2, 0) is 13.0 Å². The molecule has 0 spiro atoms. The smallest absolute Gasteiger partial charge is 0.274 e. The summed E-state index contributed by atoms with van der Waals surface area (Å²) in [6.07, 6.45) is 5.43. The number of anilines is 1. The molecule has 8 heteroatoms. The fourth-order valence-corrected chi connectivity index (χ4v) is 4.95. The van der Waals surface area contributed by atoms with Crippen molar-refractivity contribution >= 4 is 34.8 Å². The van der Waals surface area contributed by atoms with Gasteiger partial charge >= 0.3 is 0 Å². The highest BCUT2D eigenvalue weighted by Gasteiger charge is 2.32. The third kappa shape index (κ3) is 4.60. The highest BCUT2D eigenvalue weighted by molar-refractivity contribution is 6.31. The van der Waals surface area contributed by atoms with Crippen molar-refractivity contribution < 1.29 is 14.0 Å². The maximum atomic E-state index is 13.8. The fraction of sp³-hybridized carbons (Fsp3) is 0.296. The summed E-state index contributed by atoms with van der Waals surface area (Å²) >= 11 is 6.09. The van der Waals surface area contributed by atoms with E-state index in [0.717, 1.165) is 36.2 Å². The van der Waals surface area contributed by atoms with Crippen LogP contribution in [0.4, 0.5) is 10.2 Å². The van der Waals surface area contributed by atoms with E-state index in [2.05, 4.69) is 0 Å². The highest BCUT2D eigenvalue weighted by Crippen LogP contribution is 2.30. The Morgan fingerprint density at radius 1 is 1.06 bits per heavy atom. The number of carbonyl (C=O) groups excluding carboxylic acids is 2. The molecule has 2 aliphatic rings. The van der Waals surface area contributed by atoms with Crippen LogP contribution in [0.3, 0.4) is 0 Å². The predicted octanol–water partition coefficient (Wildman–Crippen LogP) is 5.22. The number of aromatic nitrogens is 2. The van der Waals surface area contributed by atoms with Crippen LogP contribution >= 0.6 is 11.6 Å². The second kappa shape index (κ2) is 9.66. The maximum absolute atomic E-state index is 13.8. The van der Waals surface area contributed by atoms with Gasteiger partial charge in [-0.25, -0.2) is 9.37 Å². The molecule has 3 aromatic rings. The Morgan fingerprint density at radius 3 is 2.57 bits per heavy atom. The number of hydrogen-bond acceptors (Lipinski definition) is 3. The molecule has 180 valence electrons. The van der Waals surface area contributed by atoms with Crippen molar-refractivity contribution in [2.45, 2.75) is 32.2 Å². The summed E-state index contributed by atoms with van der Waals surface area (Å²) in [7, 11) is 1.65. The molecule has 2 amide bonds. The van der Waals surface area contributed by atoms with Gasteiger partial charge < -0.3 is 9.47 Å². The molecule has 0 bridgehead atoms. The molecule has 3 heterocycles. The Kier molecular flexibility index (Phi) is 6.43. The first-order valence-electron chi connectivity index (χ1n) is 11.8. The van der Waals surface area contributed by atoms with Crippen LogP contribution in [0.25, 0.3) is 5.57 Å². The molecular formula is C27H26ClFN4O2. The molecule has 6 nitrogen and oxygen atoms in total. The van der Waals surface area contributed by atoms with Gasteiger partial charge in [0.05, 0.1) is 0 Å². The number of aryl methyl sites for hydroxylation is 1. The highest BCUT2D eigenvalue weighted by atomic mass is 35.5. The molecule has 0 N–H and O–H groups in total. The quantitative estimate of drug-likeness (QED) is 0.502. The monoisotopic (exact) mass is 492 g/mol. The molecule has 35 heavy (non-hydrogen) atoms. The van der Waals surface area contributed by atoms with E-state index in [1.165, 1.54) is 17.0 Å². The van der Waals surface area contributed by atoms with Crippen LogP contribution in [0.15, 0.2) is 54.6 Å². The van der Waals surface area contributed by atoms with E-state index in [1.807, 2.05) is 10.6 Å². The lowest BCUT2D eigenvalue weighted by Crippen LogP contribution is -2.38. The zero-order valence-electron chi connectivity index (χ0n) is 19.5. The molecule has 0 saturated heterocycles. The molecule has 0 atom stereocenters. The molecular weight excluding hydrogens is 467 g/mol. The van der Waals surface area contributed by atoms with Gasteiger partial charge in [-0.15, -0.1) is 0 Å². The van der Waals surface area contributed by atoms with Gasteiger partial charge in [-0.1, -0.05) is 35.9 Å². The summed E-state index contributed by atoms with van der Waals surface area (Å²) in [4.78, 5) is 35.0. The fourth-order valence-electron chi connectivity index (χ4n) is 4.76. The summed E-state index contributed by atoms with van der Waals surface area (Å²) in [5, 5.41) is 0.474. The van der Waals surface area contributed by atoms with Crippen molar-refractivity contribution in [3.05, 3.63) is 88.1 Å². The standard InChI is InChI=1S/C27H26ClFN4O2/c1-31(26(34)20-5-4-6-21(28)17-20)25-24(33-14-3-2-7-23(33)30-25)27(35)32-15-12-19(13-16-32)18-8-10-22(29)11-9-18/h4-6,8-12,17H,2-3,7,13-16H2,1H3. The van der Waals surface area contributed by atoms with Gasteiger partial charge in [0, 0.05) is 43.7 Å². The molecule has 0 aliphatic carbocycles. The van der Waals surface area contributed by atoms with Gasteiger partial charge in [-0.3, -0.25) is 14.5 Å². The lowest BCUT2D eigenvalue weighted by atomic mass is 9.99. The van der Waals surface area contributed by atoms with Gasteiger partial charge in [0.15, 0.2) is 11.5 Å². The maximum Gasteiger partial charge on any atom is 0.274 e. The van der Waals surface area contributed by atoms with Crippen molar-refractivity contribution in [3.8, 4) is 0 Å². The number of rotatable bonds is 4. The number of halogens is 2. The van der Waals surface area contributed by atoms with E-state index in [0.29, 0.717) is 48.2 Å². The number of benzene rings is 2. The molecule has 5 rings (SSSR count). The molecule has 0 saturated carbocycles. The molecule has 0 fully saturated rings. The van der Waals surface area contributed by atoms with Crippen LogP contribution < -0.4 is 4.90 Å². The second-order valence-corrected chi connectivity index (χ2v) is 9.36. The van der Waals surface area contributed by atoms with Gasteiger partial charge in [-0.2, -0.15) is 0 Å². The van der Waals surface area contributed by atoms with Crippen LogP contribution in [0.1, 0.15) is 51.5 Å². The van der Waals surface area contributed by atoms with E-state index in [1.54, 1.807) is 48.3 Å². The minimum Gasteiger partial charge on any atom is -0.333 e. The molecule has 0 radical (unpaired) electrons. The molecule has 0 unspecified atom stereocenters. The SMILES string of the molecule is CN(C(=O)c1cccc(Cl)c1)c1nc2n(c1C(=O)N1CC=C(c3ccc(F)cc3)CC1)CCCC2. The average Bonchev–Trinajstić information content (AvgIpc) is 3.27. The topological polar surface area (TPSA) is 58.4 Å². The van der Waals surface area contributed by atoms with Gasteiger partial charge in [0.25, 0.3) is 11.8 Å². The summed E-state index contributed by atoms with van der Waals surface area (Å²) in [6.45, 7) is 1.68. The Labute approximate surface area is 208 Å². The number of imidazole rings is 1. The Hall–Kier alpha value is -3.45. The number of amides is 2. The second-order valence-electron chi connectivity index (χ2n) is 8.92. The van der Waals surface area contributed by atoms with Gasteiger partial charge in [0.2, 0.25) is 0 Å². The Balaban J connectivity index is 1.44. The van der Waals surface area contributed by atoms with E-state index in [4.69, 9.17) is 16.6 Å². The van der Waals surface area contributed by atoms with Crippen molar-refractivity contribution in [1.82, 2.24) is 14.5 Å². The summed E-state index contributed by atoms with van der Waals surface area (Å²) in [5.41, 5.74) is 2.95. The Morgan fingerprint density at radius 2 is 1.86 bits per heavy atom. The largest absolute Gasteiger partial charge is 0.333 e. The van der Waals surface area contributed by atoms with E-state index < -0.39 is 0 Å². The van der Waals surface area contributed by atoms with Crippen LogP contribution in [-0.4, -0.2) is 46.4 Å². The molecule has 2 aromatic carbocycles. The summed E-state index contributed by atoms with van der Waals surface area (Å²) in [5.74, 6) is 0.538. The van der Waals surface area contributed by atoms with Crippen LogP contribution in [0.5, 0.6) is 0 Å². The number of carbonyl (C=O) groups is 2. The Bertz CT molecular complexity index is 1320. The summed E-state index contributed by atoms with van der Waals surface area (Å²) < 4.78 is 15.3. The van der Waals surface area contributed by atoms with Crippen molar-refractivity contribution in [1.29, 1.82) is 0 Å². The minimum atomic E-state index is -0.269. The minimum absolute atomic E-state index is 0.138. The lowest BCUT2D eigenvalue weighted by Gasteiger charge is -2.28. The third-order valence-electron chi connectivity index (χ3n) is 6.67. The van der Waals surface area contributed by atoms with Crippen molar-refractivity contribution in [3.63, 3.8) is 0 Å². The zero-order chi connectivity index (χ0) is 24.5. The average molecular weight is 493 g/mol. The lowest BCUT2D eigenvalue weighted by molar-refractivity contribution is 0.0761. The van der Waals surface area contributed by atoms with Crippen molar-refractivity contribution in [2.24, 2.45) is 0 Å². The van der Waals surface area contributed by atoms with Crippen LogP contribution in [0, 0.1) is 5.82 Å².